The smallest absolute Gasteiger partial charge is 0.237 e. The van der Waals surface area contributed by atoms with Gasteiger partial charge in [-0.3, -0.25) is 19.4 Å². The molecule has 7 heteroatoms. The minimum Gasteiger partial charge on any atom is -0.372 e. The molecule has 3 unspecified atom stereocenters. The molecular weight excluding hydrogens is 320 g/mol. The first-order valence-corrected chi connectivity index (χ1v) is 9.62. The SMILES string of the molecule is CC1CN(C(=O)CN2CCN(C(C)C(=O)NC3CC3)CC2)CC(C)O1. The Morgan fingerprint density at radius 1 is 1.08 bits per heavy atom. The number of rotatable bonds is 5. The van der Waals surface area contributed by atoms with Gasteiger partial charge in [0.1, 0.15) is 0 Å². The normalized spacial score (nSPS) is 30.1. The summed E-state index contributed by atoms with van der Waals surface area (Å²) < 4.78 is 5.70. The first kappa shape index (κ1) is 18.6. The van der Waals surface area contributed by atoms with Crippen LogP contribution in [0.5, 0.6) is 0 Å². The van der Waals surface area contributed by atoms with Crippen molar-refractivity contribution in [2.24, 2.45) is 0 Å². The summed E-state index contributed by atoms with van der Waals surface area (Å²) in [6.45, 7) is 11.2. The molecule has 7 nitrogen and oxygen atoms in total. The average molecular weight is 352 g/mol. The molecule has 0 aromatic carbocycles. The number of ether oxygens (including phenoxy) is 1. The highest BCUT2D eigenvalue weighted by Gasteiger charge is 2.31. The third-order valence-electron chi connectivity index (χ3n) is 5.39. The van der Waals surface area contributed by atoms with Crippen LogP contribution in [0.15, 0.2) is 0 Å². The Balaban J connectivity index is 1.41. The van der Waals surface area contributed by atoms with Crippen molar-refractivity contribution in [1.82, 2.24) is 20.0 Å². The fraction of sp³-hybridized carbons (Fsp3) is 0.889. The van der Waals surface area contributed by atoms with Gasteiger partial charge in [0.15, 0.2) is 0 Å². The van der Waals surface area contributed by atoms with Gasteiger partial charge in [-0.1, -0.05) is 0 Å². The third kappa shape index (κ3) is 5.15. The molecule has 2 saturated heterocycles. The number of carbonyl (C=O) groups excluding carboxylic acids is 2. The summed E-state index contributed by atoms with van der Waals surface area (Å²) in [4.78, 5) is 31.1. The second-order valence-electron chi connectivity index (χ2n) is 7.83. The van der Waals surface area contributed by atoms with Crippen LogP contribution in [0, 0.1) is 0 Å². The zero-order chi connectivity index (χ0) is 18.0. The summed E-state index contributed by atoms with van der Waals surface area (Å²) in [7, 11) is 0. The van der Waals surface area contributed by atoms with E-state index in [2.05, 4.69) is 15.1 Å². The van der Waals surface area contributed by atoms with Gasteiger partial charge in [-0.15, -0.1) is 0 Å². The van der Waals surface area contributed by atoms with E-state index in [1.165, 1.54) is 0 Å². The summed E-state index contributed by atoms with van der Waals surface area (Å²) in [6, 6.07) is 0.326. The molecule has 0 bridgehead atoms. The van der Waals surface area contributed by atoms with Gasteiger partial charge >= 0.3 is 0 Å². The summed E-state index contributed by atoms with van der Waals surface area (Å²) in [5, 5.41) is 3.08. The van der Waals surface area contributed by atoms with E-state index in [9.17, 15) is 9.59 Å². The largest absolute Gasteiger partial charge is 0.372 e. The summed E-state index contributed by atoms with van der Waals surface area (Å²) in [5.74, 6) is 0.332. The highest BCUT2D eigenvalue weighted by Crippen LogP contribution is 2.19. The van der Waals surface area contributed by atoms with Crippen LogP contribution in [0.2, 0.25) is 0 Å². The lowest BCUT2D eigenvalue weighted by Crippen LogP contribution is -2.56. The number of amides is 2. The van der Waals surface area contributed by atoms with Gasteiger partial charge in [-0.2, -0.15) is 0 Å². The van der Waals surface area contributed by atoms with Crippen LogP contribution in [0.3, 0.4) is 0 Å². The Morgan fingerprint density at radius 2 is 1.68 bits per heavy atom. The number of hydrogen-bond donors (Lipinski definition) is 1. The van der Waals surface area contributed by atoms with Crippen molar-refractivity contribution in [2.75, 3.05) is 45.8 Å². The van der Waals surface area contributed by atoms with Crippen LogP contribution in [0.25, 0.3) is 0 Å². The maximum atomic E-state index is 12.6. The molecule has 3 aliphatic rings. The second-order valence-corrected chi connectivity index (χ2v) is 7.83. The molecule has 2 aliphatic heterocycles. The molecule has 0 spiro atoms. The van der Waals surface area contributed by atoms with Crippen LogP contribution in [-0.2, 0) is 14.3 Å². The van der Waals surface area contributed by atoms with Crippen molar-refractivity contribution in [3.8, 4) is 0 Å². The molecule has 0 aromatic rings. The van der Waals surface area contributed by atoms with E-state index in [-0.39, 0.29) is 30.1 Å². The van der Waals surface area contributed by atoms with Gasteiger partial charge in [-0.05, 0) is 33.6 Å². The van der Waals surface area contributed by atoms with Crippen LogP contribution in [-0.4, -0.2) is 96.6 Å². The number of piperazine rings is 1. The summed E-state index contributed by atoms with van der Waals surface area (Å²) in [5.41, 5.74) is 0. The van der Waals surface area contributed by atoms with Gasteiger partial charge in [-0.25, -0.2) is 0 Å². The zero-order valence-corrected chi connectivity index (χ0v) is 15.7. The zero-order valence-electron chi connectivity index (χ0n) is 15.7. The highest BCUT2D eigenvalue weighted by atomic mass is 16.5. The molecule has 142 valence electrons. The maximum absolute atomic E-state index is 12.6. The number of nitrogens with zero attached hydrogens (tertiary/aromatic N) is 3. The molecule has 0 radical (unpaired) electrons. The van der Waals surface area contributed by atoms with E-state index in [1.54, 1.807) is 0 Å². The van der Waals surface area contributed by atoms with Crippen LogP contribution in [0.1, 0.15) is 33.6 Å². The molecule has 1 aliphatic carbocycles. The topological polar surface area (TPSA) is 65.1 Å². The van der Waals surface area contributed by atoms with Crippen molar-refractivity contribution >= 4 is 11.8 Å². The minimum absolute atomic E-state index is 0.0839. The van der Waals surface area contributed by atoms with E-state index in [0.29, 0.717) is 25.7 Å². The molecule has 0 aromatic heterocycles. The van der Waals surface area contributed by atoms with Gasteiger partial charge in [0, 0.05) is 45.3 Å². The van der Waals surface area contributed by atoms with Crippen LogP contribution >= 0.6 is 0 Å². The van der Waals surface area contributed by atoms with E-state index < -0.39 is 0 Å². The molecule has 2 amide bonds. The van der Waals surface area contributed by atoms with Gasteiger partial charge in [0.05, 0.1) is 24.8 Å². The van der Waals surface area contributed by atoms with Crippen molar-refractivity contribution in [3.63, 3.8) is 0 Å². The lowest BCUT2D eigenvalue weighted by molar-refractivity contribution is -0.145. The van der Waals surface area contributed by atoms with Crippen molar-refractivity contribution in [1.29, 1.82) is 0 Å². The van der Waals surface area contributed by atoms with Crippen LogP contribution in [0.4, 0.5) is 0 Å². The van der Waals surface area contributed by atoms with Gasteiger partial charge < -0.3 is 15.0 Å². The molecule has 1 saturated carbocycles. The van der Waals surface area contributed by atoms with E-state index in [1.807, 2.05) is 25.7 Å². The predicted octanol–water partition coefficient (Wildman–Crippen LogP) is -0.0931. The van der Waals surface area contributed by atoms with Crippen LogP contribution < -0.4 is 5.32 Å². The highest BCUT2D eigenvalue weighted by molar-refractivity contribution is 5.82. The molecule has 3 fully saturated rings. The van der Waals surface area contributed by atoms with Gasteiger partial charge in [0.25, 0.3) is 0 Å². The molecule has 3 atom stereocenters. The Hall–Kier alpha value is -1.18. The van der Waals surface area contributed by atoms with Crippen molar-refractivity contribution in [2.45, 2.75) is 57.9 Å². The lowest BCUT2D eigenvalue weighted by Gasteiger charge is -2.39. The van der Waals surface area contributed by atoms with E-state index in [4.69, 9.17) is 4.74 Å². The summed E-state index contributed by atoms with van der Waals surface area (Å²) in [6.07, 6.45) is 2.45. The Kier molecular flexibility index (Phi) is 5.96. The third-order valence-corrected chi connectivity index (χ3v) is 5.39. The molecule has 1 N–H and O–H groups in total. The maximum Gasteiger partial charge on any atom is 0.237 e. The average Bonchev–Trinajstić information content (AvgIpc) is 3.38. The molecule has 2 heterocycles. The van der Waals surface area contributed by atoms with Gasteiger partial charge in [0.2, 0.25) is 11.8 Å². The predicted molar refractivity (Wildman–Crippen MR) is 95.2 cm³/mol. The Labute approximate surface area is 150 Å². The fourth-order valence-corrected chi connectivity index (χ4v) is 3.70. The lowest BCUT2D eigenvalue weighted by atomic mass is 10.2. The monoisotopic (exact) mass is 352 g/mol. The molecular formula is C18H32N4O3. The quantitative estimate of drug-likeness (QED) is 0.749. The number of hydrogen-bond acceptors (Lipinski definition) is 5. The number of nitrogens with one attached hydrogen (secondary N) is 1. The van der Waals surface area contributed by atoms with E-state index >= 15 is 0 Å². The first-order valence-electron chi connectivity index (χ1n) is 9.62. The Morgan fingerprint density at radius 3 is 2.24 bits per heavy atom. The first-order chi connectivity index (χ1) is 11.9. The van der Waals surface area contributed by atoms with Crippen molar-refractivity contribution < 1.29 is 14.3 Å². The molecule has 3 rings (SSSR count). The number of morpholine rings is 1. The minimum atomic E-state index is -0.0839. The fourth-order valence-electron chi connectivity index (χ4n) is 3.70. The summed E-state index contributed by atoms with van der Waals surface area (Å²) >= 11 is 0. The standard InChI is InChI=1S/C18H32N4O3/c1-13-10-22(11-14(2)25-13)17(23)12-20-6-8-21(9-7-20)15(3)18(24)19-16-4-5-16/h13-16H,4-12H2,1-3H3,(H,19,24). The molecule has 25 heavy (non-hydrogen) atoms. The van der Waals surface area contributed by atoms with Crippen molar-refractivity contribution in [3.05, 3.63) is 0 Å². The van der Waals surface area contributed by atoms with E-state index in [0.717, 1.165) is 39.0 Å². The number of carbonyl (C=O) groups is 2. The second kappa shape index (κ2) is 8.01. The Bertz CT molecular complexity index is 479.